The second-order valence-electron chi connectivity index (χ2n) is 7.97. The van der Waals surface area contributed by atoms with Gasteiger partial charge in [-0.1, -0.05) is 36.4 Å². The van der Waals surface area contributed by atoms with E-state index >= 15 is 0 Å². The van der Waals surface area contributed by atoms with E-state index in [1.807, 2.05) is 30.3 Å². The lowest BCUT2D eigenvalue weighted by atomic mass is 9.93. The number of carbonyl (C=O) groups excluding carboxylic acids is 1. The summed E-state index contributed by atoms with van der Waals surface area (Å²) in [6.07, 6.45) is 3.23. The minimum Gasteiger partial charge on any atom is -0.497 e. The smallest absolute Gasteiger partial charge is 0.257 e. The van der Waals surface area contributed by atoms with Crippen molar-refractivity contribution in [2.75, 3.05) is 7.11 Å². The Morgan fingerprint density at radius 3 is 2.47 bits per heavy atom. The Morgan fingerprint density at radius 2 is 1.78 bits per heavy atom. The molecule has 0 fully saturated rings. The number of methoxy groups -OCH3 is 1. The highest BCUT2D eigenvalue weighted by Crippen LogP contribution is 2.41. The van der Waals surface area contributed by atoms with Gasteiger partial charge in [0.15, 0.2) is 11.0 Å². The van der Waals surface area contributed by atoms with E-state index in [-0.39, 0.29) is 12.0 Å². The van der Waals surface area contributed by atoms with E-state index in [4.69, 9.17) is 9.47 Å². The van der Waals surface area contributed by atoms with Crippen molar-refractivity contribution in [1.82, 2.24) is 4.72 Å². The van der Waals surface area contributed by atoms with Gasteiger partial charge in [0.1, 0.15) is 17.6 Å². The van der Waals surface area contributed by atoms with E-state index < -0.39 is 11.0 Å². The second kappa shape index (κ2) is 8.28. The van der Waals surface area contributed by atoms with Crippen LogP contribution in [0.5, 0.6) is 11.5 Å². The number of benzene rings is 3. The molecule has 0 saturated carbocycles. The number of hydrogen-bond donors (Lipinski definition) is 1. The molecule has 162 valence electrons. The first kappa shape index (κ1) is 20.5. The molecule has 0 aromatic heterocycles. The van der Waals surface area contributed by atoms with Gasteiger partial charge < -0.3 is 9.47 Å². The van der Waals surface area contributed by atoms with E-state index in [9.17, 15) is 9.00 Å². The Kier molecular flexibility index (Phi) is 5.31. The van der Waals surface area contributed by atoms with E-state index in [0.717, 1.165) is 29.9 Å². The zero-order valence-corrected chi connectivity index (χ0v) is 18.7. The Morgan fingerprint density at radius 1 is 1.00 bits per heavy atom. The standard InChI is InChI=1S/C26H23NO4S/c1-16-14-19(30-2)10-11-20(16)21-4-3-5-23-22(21)12-13-24(23)31-18-8-6-17(7-9-18)25-15-26(28)27-32(25)29/h3-11,14-15,24H,12-13H2,1-2H3,(H,27,28)/t24-,32?/m1/s1. The molecule has 5 nitrogen and oxygen atoms in total. The normalized spacial score (nSPS) is 19.3. The summed E-state index contributed by atoms with van der Waals surface area (Å²) in [6.45, 7) is 2.11. The summed E-state index contributed by atoms with van der Waals surface area (Å²) in [5.74, 6) is 1.28. The fourth-order valence-electron chi connectivity index (χ4n) is 4.46. The number of rotatable bonds is 5. The molecule has 2 aliphatic rings. The van der Waals surface area contributed by atoms with Crippen LogP contribution in [0.4, 0.5) is 0 Å². The fourth-order valence-corrected chi connectivity index (χ4v) is 5.37. The quantitative estimate of drug-likeness (QED) is 0.609. The Balaban J connectivity index is 1.39. The maximum atomic E-state index is 12.0. The maximum Gasteiger partial charge on any atom is 0.257 e. The molecule has 3 aromatic rings. The van der Waals surface area contributed by atoms with Gasteiger partial charge in [-0.2, -0.15) is 0 Å². The molecular formula is C26H23NO4S. The van der Waals surface area contributed by atoms with Gasteiger partial charge in [0.25, 0.3) is 5.91 Å². The molecule has 1 aliphatic carbocycles. The number of hydrogen-bond acceptors (Lipinski definition) is 4. The molecule has 1 amide bonds. The molecule has 32 heavy (non-hydrogen) atoms. The molecule has 1 unspecified atom stereocenters. The lowest BCUT2D eigenvalue weighted by molar-refractivity contribution is -0.114. The third kappa shape index (κ3) is 3.71. The minimum atomic E-state index is -1.49. The van der Waals surface area contributed by atoms with Crippen LogP contribution in [0.3, 0.4) is 0 Å². The van der Waals surface area contributed by atoms with Crippen molar-refractivity contribution in [3.63, 3.8) is 0 Å². The van der Waals surface area contributed by atoms with Crippen LogP contribution >= 0.6 is 0 Å². The Labute approximate surface area is 189 Å². The number of carbonyl (C=O) groups is 1. The van der Waals surface area contributed by atoms with Crippen molar-refractivity contribution < 1.29 is 18.5 Å². The lowest BCUT2D eigenvalue weighted by Gasteiger charge is -2.17. The van der Waals surface area contributed by atoms with Crippen LogP contribution < -0.4 is 14.2 Å². The first-order valence-corrected chi connectivity index (χ1v) is 11.7. The van der Waals surface area contributed by atoms with Gasteiger partial charge in [0, 0.05) is 6.08 Å². The average molecular weight is 446 g/mol. The Hall–Kier alpha value is -3.38. The number of ether oxygens (including phenoxy) is 2. The molecule has 0 saturated heterocycles. The fraction of sp³-hybridized carbons (Fsp3) is 0.192. The number of nitrogens with one attached hydrogen (secondary N) is 1. The summed E-state index contributed by atoms with van der Waals surface area (Å²) < 4.78 is 26.0. The molecular weight excluding hydrogens is 422 g/mol. The highest BCUT2D eigenvalue weighted by Gasteiger charge is 2.27. The SMILES string of the molecule is COc1ccc(-c2cccc3c2CC[C@H]3Oc2ccc(C3=CC(=O)NS3=O)cc2)c(C)c1. The topological polar surface area (TPSA) is 64.6 Å². The first-order chi connectivity index (χ1) is 15.5. The van der Waals surface area contributed by atoms with Gasteiger partial charge in [-0.15, -0.1) is 0 Å². The van der Waals surface area contributed by atoms with Crippen LogP contribution in [0, 0.1) is 6.92 Å². The van der Waals surface area contributed by atoms with Gasteiger partial charge in [0.2, 0.25) is 0 Å². The van der Waals surface area contributed by atoms with Crippen molar-refractivity contribution in [3.05, 3.63) is 89.0 Å². The van der Waals surface area contributed by atoms with E-state index in [1.165, 1.54) is 33.9 Å². The largest absolute Gasteiger partial charge is 0.497 e. The van der Waals surface area contributed by atoms with Crippen LogP contribution in [0.15, 0.2) is 66.7 Å². The van der Waals surface area contributed by atoms with Crippen LogP contribution in [0.2, 0.25) is 0 Å². The van der Waals surface area contributed by atoms with Crippen LogP contribution in [0.1, 0.15) is 34.8 Å². The van der Waals surface area contributed by atoms with Crippen molar-refractivity contribution in [2.45, 2.75) is 25.9 Å². The second-order valence-corrected chi connectivity index (χ2v) is 9.15. The number of aryl methyl sites for hydroxylation is 1. The summed E-state index contributed by atoms with van der Waals surface area (Å²) in [6, 6.07) is 20.0. The monoisotopic (exact) mass is 445 g/mol. The molecule has 1 heterocycles. The highest BCUT2D eigenvalue weighted by atomic mass is 32.2. The minimum absolute atomic E-state index is 0.0163. The van der Waals surface area contributed by atoms with Crippen LogP contribution in [-0.2, 0) is 22.2 Å². The van der Waals surface area contributed by atoms with Crippen molar-refractivity contribution in [3.8, 4) is 22.6 Å². The number of amides is 1. The zero-order valence-electron chi connectivity index (χ0n) is 17.9. The molecule has 2 atom stereocenters. The summed E-state index contributed by atoms with van der Waals surface area (Å²) in [5.41, 5.74) is 6.95. The maximum absolute atomic E-state index is 12.0. The van der Waals surface area contributed by atoms with E-state index in [2.05, 4.69) is 42.0 Å². The molecule has 0 spiro atoms. The predicted molar refractivity (Wildman–Crippen MR) is 126 cm³/mol. The summed E-state index contributed by atoms with van der Waals surface area (Å²) in [7, 11) is 0.190. The van der Waals surface area contributed by atoms with E-state index in [0.29, 0.717) is 4.91 Å². The summed E-state index contributed by atoms with van der Waals surface area (Å²) >= 11 is 0. The van der Waals surface area contributed by atoms with Gasteiger partial charge in [-0.05, 0) is 77.4 Å². The summed E-state index contributed by atoms with van der Waals surface area (Å²) in [5, 5.41) is 0. The van der Waals surface area contributed by atoms with Crippen molar-refractivity contribution >= 4 is 21.8 Å². The highest BCUT2D eigenvalue weighted by molar-refractivity contribution is 7.93. The van der Waals surface area contributed by atoms with Gasteiger partial charge in [0.05, 0.1) is 12.0 Å². The molecule has 6 heteroatoms. The molecule has 1 aliphatic heterocycles. The third-order valence-electron chi connectivity index (χ3n) is 6.01. The molecule has 3 aromatic carbocycles. The lowest BCUT2D eigenvalue weighted by Crippen LogP contribution is -2.16. The van der Waals surface area contributed by atoms with Crippen molar-refractivity contribution in [1.29, 1.82) is 0 Å². The molecule has 0 radical (unpaired) electrons. The molecule has 0 bridgehead atoms. The van der Waals surface area contributed by atoms with Crippen molar-refractivity contribution in [2.24, 2.45) is 0 Å². The van der Waals surface area contributed by atoms with Crippen LogP contribution in [0.25, 0.3) is 16.0 Å². The molecule has 5 rings (SSSR count). The van der Waals surface area contributed by atoms with E-state index in [1.54, 1.807) is 7.11 Å². The zero-order chi connectivity index (χ0) is 22.2. The number of fused-ring (bicyclic) bond motifs is 1. The predicted octanol–water partition coefficient (Wildman–Crippen LogP) is 4.87. The third-order valence-corrected chi connectivity index (χ3v) is 7.15. The average Bonchev–Trinajstić information content (AvgIpc) is 3.36. The van der Waals surface area contributed by atoms with Gasteiger partial charge in [-0.3, -0.25) is 9.52 Å². The molecule has 1 N–H and O–H groups in total. The van der Waals surface area contributed by atoms with Gasteiger partial charge >= 0.3 is 0 Å². The summed E-state index contributed by atoms with van der Waals surface area (Å²) in [4.78, 5) is 11.9. The first-order valence-electron chi connectivity index (χ1n) is 10.5. The Bertz CT molecular complexity index is 1260. The van der Waals surface area contributed by atoms with Gasteiger partial charge in [-0.25, -0.2) is 4.21 Å². The van der Waals surface area contributed by atoms with Crippen LogP contribution in [-0.4, -0.2) is 17.2 Å².